The molecule has 1 atom stereocenters. The Morgan fingerprint density at radius 3 is 2.71 bits per heavy atom. The number of aryl methyl sites for hydroxylation is 1. The monoisotopic (exact) mass is 598 g/mol. The first-order chi connectivity index (χ1) is 19.7. The Balaban J connectivity index is 0.000000189. The number of methoxy groups -OCH3 is 1. The second-order valence-electron chi connectivity index (χ2n) is 8.69. The number of aromatic hydroxyl groups is 1. The molecule has 5 rings (SSSR count). The van der Waals surface area contributed by atoms with Crippen molar-refractivity contribution in [1.82, 2.24) is 15.3 Å². The number of dihydropyridines is 1. The lowest BCUT2D eigenvalue weighted by atomic mass is 10.1. The highest BCUT2D eigenvalue weighted by Gasteiger charge is 2.17. The summed E-state index contributed by atoms with van der Waals surface area (Å²) in [5.41, 5.74) is 9.77. The third-order valence-electron chi connectivity index (χ3n) is 5.91. The van der Waals surface area contributed by atoms with Gasteiger partial charge in [0.15, 0.2) is 28.3 Å². The van der Waals surface area contributed by atoms with E-state index in [1.54, 1.807) is 31.2 Å². The minimum Gasteiger partial charge on any atom is -0.767 e. The van der Waals surface area contributed by atoms with Gasteiger partial charge in [0.2, 0.25) is 0 Å². The molecule has 0 saturated carbocycles. The second kappa shape index (κ2) is 13.4. The van der Waals surface area contributed by atoms with Crippen molar-refractivity contribution < 1.29 is 27.4 Å². The molecule has 41 heavy (non-hydrogen) atoms. The smallest absolute Gasteiger partial charge is 0.181 e. The number of phenols is 1. The zero-order valence-corrected chi connectivity index (χ0v) is 23.6. The number of pyridine rings is 1. The minimum absolute atomic E-state index is 0.0322. The lowest BCUT2D eigenvalue weighted by molar-refractivity contribution is 0.371. The van der Waals surface area contributed by atoms with Crippen LogP contribution < -0.4 is 21.1 Å². The number of thiazole rings is 1. The van der Waals surface area contributed by atoms with E-state index in [4.69, 9.17) is 10.5 Å². The fraction of sp³-hybridized carbons (Fsp3) is 0.143. The first-order valence-electron chi connectivity index (χ1n) is 12.1. The summed E-state index contributed by atoms with van der Waals surface area (Å²) in [7, 11) is 1.49. The van der Waals surface area contributed by atoms with Gasteiger partial charge in [0, 0.05) is 24.2 Å². The van der Waals surface area contributed by atoms with Crippen LogP contribution in [0.2, 0.25) is 0 Å². The summed E-state index contributed by atoms with van der Waals surface area (Å²) in [4.78, 5) is 8.99. The van der Waals surface area contributed by atoms with Crippen molar-refractivity contribution >= 4 is 38.8 Å². The third kappa shape index (κ3) is 7.25. The van der Waals surface area contributed by atoms with E-state index >= 15 is 0 Å². The van der Waals surface area contributed by atoms with E-state index in [1.165, 1.54) is 30.7 Å². The van der Waals surface area contributed by atoms with Gasteiger partial charge >= 0.3 is 0 Å². The van der Waals surface area contributed by atoms with Crippen molar-refractivity contribution in [2.45, 2.75) is 18.5 Å². The summed E-state index contributed by atoms with van der Waals surface area (Å²) in [6.07, 6.45) is 7.11. The quantitative estimate of drug-likeness (QED) is 0.213. The van der Waals surface area contributed by atoms with Crippen LogP contribution in [0.3, 0.4) is 0 Å². The zero-order chi connectivity index (χ0) is 29.5. The molecule has 1 aliphatic rings. The number of rotatable bonds is 7. The largest absolute Gasteiger partial charge is 0.767 e. The molecule has 0 saturated heterocycles. The molecule has 1 aliphatic heterocycles. The van der Waals surface area contributed by atoms with Crippen LogP contribution in [0.1, 0.15) is 16.0 Å². The number of nitrogen functional groups attached to an aromatic ring is 1. The predicted octanol–water partition coefficient (Wildman–Crippen LogP) is 5.13. The average Bonchev–Trinajstić information content (AvgIpc) is 3.36. The number of para-hydroxylation sites is 1. The zero-order valence-electron chi connectivity index (χ0n) is 22.0. The summed E-state index contributed by atoms with van der Waals surface area (Å²) in [6, 6.07) is 10.6. The Hall–Kier alpha value is -4.33. The van der Waals surface area contributed by atoms with Gasteiger partial charge in [-0.05, 0) is 71.7 Å². The molecule has 214 valence electrons. The number of ether oxygens (including phenoxy) is 1. The van der Waals surface area contributed by atoms with Crippen LogP contribution in [0, 0.1) is 18.6 Å². The highest BCUT2D eigenvalue weighted by molar-refractivity contribution is 7.79. The summed E-state index contributed by atoms with van der Waals surface area (Å²) in [5.74, 6) is -1.29. The molecule has 0 aliphatic carbocycles. The van der Waals surface area contributed by atoms with Gasteiger partial charge in [-0.15, -0.1) is 0 Å². The first-order valence-corrected chi connectivity index (χ1v) is 14.0. The molecule has 0 spiro atoms. The highest BCUT2D eigenvalue weighted by Crippen LogP contribution is 2.36. The lowest BCUT2D eigenvalue weighted by Crippen LogP contribution is -2.11. The minimum atomic E-state index is -2.34. The van der Waals surface area contributed by atoms with Crippen LogP contribution in [0.15, 0.2) is 72.0 Å². The Bertz CT molecular complexity index is 1640. The molecule has 9 nitrogen and oxygen atoms in total. The second-order valence-corrected chi connectivity index (χ2v) is 10.6. The predicted molar refractivity (Wildman–Crippen MR) is 155 cm³/mol. The fourth-order valence-corrected chi connectivity index (χ4v) is 5.25. The lowest BCUT2D eigenvalue weighted by Gasteiger charge is -2.12. The highest BCUT2D eigenvalue weighted by atomic mass is 32.2. The number of anilines is 2. The van der Waals surface area contributed by atoms with Crippen LogP contribution >= 0.6 is 11.3 Å². The molecular formula is C28H26F2N5O4S2-. The van der Waals surface area contributed by atoms with Crippen molar-refractivity contribution in [2.75, 3.05) is 24.7 Å². The van der Waals surface area contributed by atoms with E-state index in [0.717, 1.165) is 22.6 Å². The van der Waals surface area contributed by atoms with Gasteiger partial charge < -0.3 is 30.8 Å². The first kappa shape index (κ1) is 29.6. The molecule has 1 unspecified atom stereocenters. The number of allylic oxidation sites excluding steroid dienone is 2. The number of hydrogen-bond donors (Lipinski definition) is 4. The van der Waals surface area contributed by atoms with Crippen LogP contribution in [0.4, 0.5) is 19.6 Å². The topological polar surface area (TPSA) is 145 Å². The Morgan fingerprint density at radius 1 is 1.24 bits per heavy atom. The Morgan fingerprint density at radius 2 is 2.05 bits per heavy atom. The van der Waals surface area contributed by atoms with Crippen molar-refractivity contribution in [3.63, 3.8) is 0 Å². The van der Waals surface area contributed by atoms with E-state index in [1.807, 2.05) is 18.4 Å². The molecule has 3 heterocycles. The number of hydrogen-bond acceptors (Lipinski definition) is 10. The van der Waals surface area contributed by atoms with Crippen molar-refractivity contribution in [1.29, 1.82) is 0 Å². The third-order valence-corrected chi connectivity index (χ3v) is 7.61. The van der Waals surface area contributed by atoms with E-state index in [9.17, 15) is 22.6 Å². The molecule has 4 aromatic rings. The molecule has 0 radical (unpaired) electrons. The molecular weight excluding hydrogens is 572 g/mol. The molecule has 0 amide bonds. The van der Waals surface area contributed by atoms with Gasteiger partial charge in [-0.1, -0.05) is 29.5 Å². The van der Waals surface area contributed by atoms with E-state index in [2.05, 4.69) is 20.6 Å². The number of nitrogens with zero attached hydrogens (tertiary/aromatic N) is 2. The number of phenolic OH excluding ortho intramolecular Hbond substituents is 1. The Kier molecular flexibility index (Phi) is 9.65. The maximum Gasteiger partial charge on any atom is 0.181 e. The van der Waals surface area contributed by atoms with E-state index < -0.39 is 22.7 Å². The van der Waals surface area contributed by atoms with Gasteiger partial charge in [-0.2, -0.15) is 0 Å². The fourth-order valence-electron chi connectivity index (χ4n) is 3.92. The average molecular weight is 599 g/mol. The maximum atomic E-state index is 13.4. The summed E-state index contributed by atoms with van der Waals surface area (Å²) in [5, 5.41) is 16.6. The summed E-state index contributed by atoms with van der Waals surface area (Å²) in [6.45, 7) is 2.69. The normalized spacial score (nSPS) is 13.0. The van der Waals surface area contributed by atoms with Crippen molar-refractivity contribution in [3.05, 3.63) is 94.7 Å². The van der Waals surface area contributed by atoms with E-state index in [0.29, 0.717) is 52.0 Å². The number of nitrogens with two attached hydrogens (primary N) is 1. The molecule has 0 bridgehead atoms. The van der Waals surface area contributed by atoms with Crippen LogP contribution in [-0.4, -0.2) is 37.5 Å². The summed E-state index contributed by atoms with van der Waals surface area (Å²) >= 11 is -1.01. The van der Waals surface area contributed by atoms with Gasteiger partial charge in [-0.25, -0.2) is 18.7 Å². The molecule has 5 N–H and O–H groups in total. The van der Waals surface area contributed by atoms with Gasteiger partial charge in [-0.3, -0.25) is 4.21 Å². The standard InChI is InChI=1S/C14H11F2N3S.C14H16N2O4S/c15-10-4-3-8(6-11(10)16)12-13(20-14(17)19-12)9-2-1-5-18-7-9;1-9-6-11(8-16-14(9)21(18)19)15-7-10-4-3-5-12(20-2)13(10)17/h1-6,18H,7H2,(H2,17,19);3-6,8,15,17H,7H2,1-2H3,(H,18,19)/p-1. The van der Waals surface area contributed by atoms with Gasteiger partial charge in [0.05, 0.1) is 29.6 Å². The van der Waals surface area contributed by atoms with Crippen LogP contribution in [0.5, 0.6) is 11.5 Å². The van der Waals surface area contributed by atoms with Gasteiger partial charge in [0.1, 0.15) is 5.03 Å². The molecule has 0 fully saturated rings. The molecule has 13 heteroatoms. The molecule has 2 aromatic carbocycles. The number of aromatic nitrogens is 2. The number of benzene rings is 2. The Labute approximate surface area is 241 Å². The maximum absolute atomic E-state index is 13.4. The number of halogens is 2. The molecule has 2 aromatic heterocycles. The van der Waals surface area contributed by atoms with E-state index in [-0.39, 0.29) is 10.8 Å². The van der Waals surface area contributed by atoms with Crippen molar-refractivity contribution in [2.24, 2.45) is 0 Å². The number of nitrogens with one attached hydrogen (secondary N) is 2. The van der Waals surface area contributed by atoms with Crippen molar-refractivity contribution in [3.8, 4) is 22.8 Å². The van der Waals surface area contributed by atoms with Crippen LogP contribution in [0.25, 0.3) is 16.8 Å². The summed E-state index contributed by atoms with van der Waals surface area (Å²) < 4.78 is 53.2. The SMILES string of the molecule is COc1cccc(CNc2cnc(S(=O)[O-])c(C)c2)c1O.Nc1nc(-c2ccc(F)c(F)c2)c(C2=CC=CNC2)s1. The van der Waals surface area contributed by atoms with Gasteiger partial charge in [0.25, 0.3) is 0 Å². The van der Waals surface area contributed by atoms with Crippen LogP contribution in [-0.2, 0) is 17.6 Å².